The van der Waals surface area contributed by atoms with Crippen LogP contribution in [-0.2, 0) is 4.79 Å². The lowest BCUT2D eigenvalue weighted by molar-refractivity contribution is -0.132. The molecule has 110 valence electrons. The molecule has 2 fully saturated rings. The van der Waals surface area contributed by atoms with Crippen molar-refractivity contribution in [3.63, 3.8) is 0 Å². The third kappa shape index (κ3) is 3.50. The first-order chi connectivity index (χ1) is 9.13. The molecule has 1 heterocycles. The number of amides is 1. The minimum atomic E-state index is 0.0632. The van der Waals surface area contributed by atoms with Crippen LogP contribution in [0.3, 0.4) is 0 Å². The zero-order chi connectivity index (χ0) is 13.8. The van der Waals surface area contributed by atoms with Crippen LogP contribution in [0.15, 0.2) is 0 Å². The van der Waals surface area contributed by atoms with Crippen LogP contribution in [0.25, 0.3) is 0 Å². The van der Waals surface area contributed by atoms with E-state index in [1.54, 1.807) is 0 Å². The van der Waals surface area contributed by atoms with E-state index in [1.807, 2.05) is 0 Å². The van der Waals surface area contributed by atoms with Gasteiger partial charge < -0.3 is 4.90 Å². The number of nitrogens with one attached hydrogen (secondary N) is 1. The molecule has 1 aliphatic heterocycles. The molecule has 2 unspecified atom stereocenters. The molecule has 0 aromatic rings. The van der Waals surface area contributed by atoms with Gasteiger partial charge in [-0.2, -0.15) is 0 Å². The summed E-state index contributed by atoms with van der Waals surface area (Å²) in [4.78, 5) is 14.9. The molecule has 1 aliphatic carbocycles. The monoisotopic (exact) mass is 266 g/mol. The highest BCUT2D eigenvalue weighted by atomic mass is 16.2. The van der Waals surface area contributed by atoms with Crippen molar-refractivity contribution in [2.75, 3.05) is 0 Å². The van der Waals surface area contributed by atoms with Crippen molar-refractivity contribution in [2.45, 2.75) is 90.4 Å². The smallest absolute Gasteiger partial charge is 0.241 e. The molecule has 1 saturated carbocycles. The normalized spacial score (nSPS) is 30.1. The fourth-order valence-corrected chi connectivity index (χ4v) is 3.64. The molecule has 19 heavy (non-hydrogen) atoms. The molecular formula is C16H30N2O. The van der Waals surface area contributed by atoms with Crippen LogP contribution in [0, 0.1) is 5.92 Å². The Morgan fingerprint density at radius 2 is 1.84 bits per heavy atom. The predicted molar refractivity (Wildman–Crippen MR) is 78.8 cm³/mol. The number of rotatable bonds is 4. The van der Waals surface area contributed by atoms with Gasteiger partial charge in [-0.1, -0.05) is 46.5 Å². The molecule has 0 aromatic carbocycles. The van der Waals surface area contributed by atoms with Crippen molar-refractivity contribution in [2.24, 2.45) is 5.92 Å². The van der Waals surface area contributed by atoms with Gasteiger partial charge >= 0.3 is 0 Å². The number of hydrogen-bond acceptors (Lipinski definition) is 2. The summed E-state index contributed by atoms with van der Waals surface area (Å²) in [5.41, 5.74) is 0. The van der Waals surface area contributed by atoms with Gasteiger partial charge in [0.1, 0.15) is 0 Å². The summed E-state index contributed by atoms with van der Waals surface area (Å²) in [6, 6.07) is 0.554. The second-order valence-corrected chi connectivity index (χ2v) is 6.66. The van der Waals surface area contributed by atoms with Gasteiger partial charge in [0, 0.05) is 6.04 Å². The third-order valence-corrected chi connectivity index (χ3v) is 4.59. The molecule has 3 nitrogen and oxygen atoms in total. The van der Waals surface area contributed by atoms with Gasteiger partial charge in [-0.25, -0.2) is 0 Å². The fourth-order valence-electron chi connectivity index (χ4n) is 3.64. The minimum absolute atomic E-state index is 0.0632. The molecular weight excluding hydrogens is 236 g/mol. The molecule has 0 spiro atoms. The quantitative estimate of drug-likeness (QED) is 0.792. The van der Waals surface area contributed by atoms with Crippen LogP contribution in [-0.4, -0.2) is 29.1 Å². The van der Waals surface area contributed by atoms with Gasteiger partial charge in [0.2, 0.25) is 5.91 Å². The lowest BCUT2D eigenvalue weighted by atomic mass is 10.0. The maximum atomic E-state index is 12.7. The van der Waals surface area contributed by atoms with E-state index in [0.717, 1.165) is 12.8 Å². The van der Waals surface area contributed by atoms with Gasteiger partial charge in [0.05, 0.1) is 12.2 Å². The Balaban J connectivity index is 2.06. The van der Waals surface area contributed by atoms with Crippen LogP contribution in [0.5, 0.6) is 0 Å². The van der Waals surface area contributed by atoms with Crippen molar-refractivity contribution in [1.29, 1.82) is 0 Å². The fraction of sp³-hybridized carbons (Fsp3) is 0.938. The predicted octanol–water partition coefficient (Wildman–Crippen LogP) is 3.29. The summed E-state index contributed by atoms with van der Waals surface area (Å²) < 4.78 is 0. The van der Waals surface area contributed by atoms with Crippen LogP contribution in [0.2, 0.25) is 0 Å². The number of carbonyl (C=O) groups excluding carboxylic acids is 1. The Kier molecular flexibility index (Phi) is 5.26. The Hall–Kier alpha value is -0.570. The van der Waals surface area contributed by atoms with Crippen molar-refractivity contribution in [3.8, 4) is 0 Å². The summed E-state index contributed by atoms with van der Waals surface area (Å²) in [7, 11) is 0. The van der Waals surface area contributed by atoms with Gasteiger partial charge in [-0.3, -0.25) is 10.1 Å². The number of carbonyl (C=O) groups is 1. The Morgan fingerprint density at radius 1 is 1.21 bits per heavy atom. The standard InChI is InChI=1S/C16H30N2O/c1-4-15-17-14(11-12(2)3)16(19)18(15)13-9-7-5-6-8-10-13/h12-15,17H,4-11H2,1-3H3. The van der Waals surface area contributed by atoms with E-state index in [1.165, 1.54) is 38.5 Å². The van der Waals surface area contributed by atoms with Crippen molar-refractivity contribution >= 4 is 5.91 Å². The van der Waals surface area contributed by atoms with Crippen LogP contribution < -0.4 is 5.32 Å². The molecule has 0 radical (unpaired) electrons. The first-order valence-electron chi connectivity index (χ1n) is 8.21. The lowest BCUT2D eigenvalue weighted by Crippen LogP contribution is -2.44. The second-order valence-electron chi connectivity index (χ2n) is 6.66. The molecule has 2 atom stereocenters. The second kappa shape index (κ2) is 6.74. The van der Waals surface area contributed by atoms with Gasteiger partial charge in [-0.15, -0.1) is 0 Å². The first kappa shape index (κ1) is 14.8. The minimum Gasteiger partial charge on any atom is -0.323 e. The van der Waals surface area contributed by atoms with E-state index in [2.05, 4.69) is 31.0 Å². The molecule has 0 bridgehead atoms. The van der Waals surface area contributed by atoms with Crippen molar-refractivity contribution in [3.05, 3.63) is 0 Å². The van der Waals surface area contributed by atoms with Crippen LogP contribution >= 0.6 is 0 Å². The van der Waals surface area contributed by atoms with Gasteiger partial charge in [-0.05, 0) is 31.6 Å². The maximum absolute atomic E-state index is 12.7. The molecule has 0 aromatic heterocycles. The Bertz CT molecular complexity index is 295. The van der Waals surface area contributed by atoms with Crippen LogP contribution in [0.1, 0.15) is 72.1 Å². The summed E-state index contributed by atoms with van der Waals surface area (Å²) in [6.45, 7) is 6.58. The van der Waals surface area contributed by atoms with E-state index in [9.17, 15) is 4.79 Å². The lowest BCUT2D eigenvalue weighted by Gasteiger charge is -2.31. The highest BCUT2D eigenvalue weighted by Gasteiger charge is 2.41. The van der Waals surface area contributed by atoms with Crippen molar-refractivity contribution < 1.29 is 4.79 Å². The zero-order valence-electron chi connectivity index (χ0n) is 12.8. The van der Waals surface area contributed by atoms with Gasteiger partial charge in [0.15, 0.2) is 0 Å². The molecule has 2 aliphatic rings. The highest BCUT2D eigenvalue weighted by molar-refractivity contribution is 5.84. The Morgan fingerprint density at radius 3 is 2.37 bits per heavy atom. The topological polar surface area (TPSA) is 32.3 Å². The SMILES string of the molecule is CCC1NC(CC(C)C)C(=O)N1C1CCCCCC1. The maximum Gasteiger partial charge on any atom is 0.241 e. The molecule has 1 saturated heterocycles. The largest absolute Gasteiger partial charge is 0.323 e. The molecule has 3 heteroatoms. The van der Waals surface area contributed by atoms with E-state index in [0.29, 0.717) is 17.9 Å². The third-order valence-electron chi connectivity index (χ3n) is 4.59. The average molecular weight is 266 g/mol. The summed E-state index contributed by atoms with van der Waals surface area (Å²) in [6.07, 6.45) is 9.96. The van der Waals surface area contributed by atoms with E-state index in [4.69, 9.17) is 0 Å². The molecule has 2 rings (SSSR count). The average Bonchev–Trinajstić information content (AvgIpc) is 2.58. The summed E-state index contributed by atoms with van der Waals surface area (Å²) >= 11 is 0. The summed E-state index contributed by atoms with van der Waals surface area (Å²) in [5.74, 6) is 0.945. The highest BCUT2D eigenvalue weighted by Crippen LogP contribution is 2.28. The van der Waals surface area contributed by atoms with Crippen molar-refractivity contribution in [1.82, 2.24) is 10.2 Å². The van der Waals surface area contributed by atoms with E-state index in [-0.39, 0.29) is 12.2 Å². The molecule has 1 amide bonds. The molecule has 1 N–H and O–H groups in total. The number of hydrogen-bond donors (Lipinski definition) is 1. The Labute approximate surface area is 118 Å². The van der Waals surface area contributed by atoms with Crippen LogP contribution in [0.4, 0.5) is 0 Å². The first-order valence-corrected chi connectivity index (χ1v) is 8.21. The summed E-state index contributed by atoms with van der Waals surface area (Å²) in [5, 5.41) is 3.57. The zero-order valence-corrected chi connectivity index (χ0v) is 12.8. The van der Waals surface area contributed by atoms with E-state index < -0.39 is 0 Å². The van der Waals surface area contributed by atoms with Gasteiger partial charge in [0.25, 0.3) is 0 Å². The van der Waals surface area contributed by atoms with E-state index >= 15 is 0 Å². The number of nitrogens with zero attached hydrogens (tertiary/aromatic N) is 1.